The first kappa shape index (κ1) is 3.11. The Hall–Kier alpha value is -0.890. The topological polar surface area (TPSA) is 69.5 Å². The zero-order chi connectivity index (χ0) is 3.41. The van der Waals surface area contributed by atoms with Gasteiger partial charge in [-0.2, -0.15) is 5.84 Å². The van der Waals surface area contributed by atoms with Crippen LogP contribution in [0.4, 0.5) is 0 Å². The normalized spacial score (nSPS) is 4.00. The van der Waals surface area contributed by atoms with Crippen molar-refractivity contribution in [3.8, 4) is 0 Å². The molecule has 0 spiro atoms. The number of hydrogen-bond acceptors (Lipinski definition) is 2. The maximum absolute atomic E-state index is 8.63. The molecule has 0 saturated carbocycles. The van der Waals surface area contributed by atoms with Gasteiger partial charge in [-0.15, -0.1) is 0 Å². The molecule has 22 valence electrons. The Morgan fingerprint density at radius 3 is 2.25 bits per heavy atom. The van der Waals surface area contributed by atoms with Gasteiger partial charge in [0.1, 0.15) is 0 Å². The van der Waals surface area contributed by atoms with Crippen LogP contribution in [0.2, 0.25) is 0 Å². The summed E-state index contributed by atoms with van der Waals surface area (Å²) in [5.41, 5.74) is 0. The molecule has 4 heavy (non-hydrogen) atoms. The second-order valence-electron chi connectivity index (χ2n) is 0.197. The first-order chi connectivity index (χ1) is 1.91. The number of nitroso groups, excluding NO2 is 1. The van der Waals surface area contributed by atoms with Crippen LogP contribution in [-0.4, -0.2) is 0 Å². The fraction of sp³-hybridized carbons (Fsp3) is 0. The number of rotatable bonds is 0. The molecule has 0 atom stereocenters. The third kappa shape index (κ3) is 1.11. The molecule has 0 aliphatic carbocycles. The predicted molar refractivity (Wildman–Crippen MR) is 12.1 cm³/mol. The summed E-state index contributed by atoms with van der Waals surface area (Å²) in [4.78, 5) is 10.5. The average Bonchev–Trinajstić information content (AvgIpc) is 1.37. The van der Waals surface area contributed by atoms with Crippen molar-refractivity contribution in [2.75, 3.05) is 0 Å². The highest BCUT2D eigenvalue weighted by Crippen LogP contribution is 1.10. The van der Waals surface area contributed by atoms with Crippen LogP contribution in [0.15, 0.2) is 5.22 Å². The monoisotopic (exact) mass is 60.0 g/mol. The zero-order valence-corrected chi connectivity index (χ0v) is 1.88. The lowest BCUT2D eigenvalue weighted by molar-refractivity contribution is 1.04. The van der Waals surface area contributed by atoms with Gasteiger partial charge in [-0.05, 0) is 0 Å². The van der Waals surface area contributed by atoms with Crippen LogP contribution >= 0.6 is 0 Å². The van der Waals surface area contributed by atoms with E-state index in [0.29, 0.717) is 0 Å². The van der Waals surface area contributed by atoms with Gasteiger partial charge in [-0.1, -0.05) is 0 Å². The molecule has 0 amide bonds. The summed E-state index contributed by atoms with van der Waals surface area (Å²) in [6.07, 6.45) is 0. The van der Waals surface area contributed by atoms with Crippen LogP contribution in [0, 0.1) is 4.91 Å². The minimum atomic E-state index is 1.89. The van der Waals surface area contributed by atoms with Gasteiger partial charge >= 0.3 is 0 Å². The zero-order valence-electron chi connectivity index (χ0n) is 1.88. The van der Waals surface area contributed by atoms with Crippen LogP contribution in [0.1, 0.15) is 0 Å². The highest BCUT2D eigenvalue weighted by atomic mass is 16.3. The van der Waals surface area contributed by atoms with Crippen LogP contribution in [0.3, 0.4) is 0 Å². The largest absolute Gasteiger partial charge is 0.236 e. The molecule has 0 radical (unpaired) electrons. The average molecular weight is 60.0 g/mol. The molecule has 2 N–H and O–H groups in total. The summed E-state index contributed by atoms with van der Waals surface area (Å²) in [5.74, 6) is 4.17. The molecule has 0 aromatic heterocycles. The van der Waals surface area contributed by atoms with Crippen molar-refractivity contribution < 1.29 is 0 Å². The Morgan fingerprint density at radius 2 is 2.25 bits per heavy atom. The molecule has 0 unspecified atom stereocenters. The van der Waals surface area contributed by atoms with Crippen molar-refractivity contribution in [2.45, 2.75) is 0 Å². The van der Waals surface area contributed by atoms with Crippen molar-refractivity contribution in [2.24, 2.45) is 11.1 Å². The summed E-state index contributed by atoms with van der Waals surface area (Å²) in [5, 5.41) is 2.31. The van der Waals surface area contributed by atoms with Crippen molar-refractivity contribution in [1.29, 1.82) is 0 Å². The van der Waals surface area contributed by atoms with E-state index >= 15 is 0 Å². The van der Waals surface area contributed by atoms with Gasteiger partial charge in [0.15, 0.2) is 0 Å². The van der Waals surface area contributed by atoms with Crippen molar-refractivity contribution in [3.05, 3.63) is 4.91 Å². The molecule has 4 heteroatoms. The minimum Gasteiger partial charge on any atom is -0.178 e. The number of nitrogens with two attached hydrogens (primary N) is 1. The highest BCUT2D eigenvalue weighted by Gasteiger charge is 1.44. The lowest BCUT2D eigenvalue weighted by Gasteiger charge is -1.21. The summed E-state index contributed by atoms with van der Waals surface area (Å²) in [7, 11) is 0. The molecule has 0 aliphatic rings. The van der Waals surface area contributed by atoms with E-state index in [9.17, 15) is 0 Å². The molecule has 0 saturated heterocycles. The van der Waals surface area contributed by atoms with Gasteiger partial charge in [-0.3, -0.25) is 0 Å². The first-order valence-electron chi connectivity index (χ1n) is 0.641. The van der Waals surface area contributed by atoms with Gasteiger partial charge in [0.25, 0.3) is 0 Å². The Balaban J connectivity index is 3.11. The molecule has 0 aliphatic heterocycles. The summed E-state index contributed by atoms with van der Waals surface area (Å²) in [6, 6.07) is 0. The summed E-state index contributed by atoms with van der Waals surface area (Å²) >= 11 is 0. The molecular formula is H2N3O+. The predicted octanol–water partition coefficient (Wildman–Crippen LogP) is -0.854. The maximum Gasteiger partial charge on any atom is 0.236 e. The van der Waals surface area contributed by atoms with Crippen LogP contribution < -0.4 is 10.8 Å². The fourth-order valence-electron chi connectivity index (χ4n) is 0. The van der Waals surface area contributed by atoms with Gasteiger partial charge in [0.05, 0.1) is 4.91 Å². The molecule has 4 nitrogen and oxygen atoms in total. The second-order valence-corrected chi connectivity index (χ2v) is 0.197. The van der Waals surface area contributed by atoms with E-state index in [1.165, 1.54) is 0 Å². The quantitative estimate of drug-likeness (QED) is 0.171. The van der Waals surface area contributed by atoms with Gasteiger partial charge < -0.3 is 0 Å². The Bertz CT molecular complexity index is 41.2. The Morgan fingerprint density at radius 1 is 2.00 bits per heavy atom. The molecule has 0 aromatic carbocycles. The van der Waals surface area contributed by atoms with Crippen molar-refractivity contribution in [3.63, 3.8) is 0 Å². The molecule has 0 heterocycles. The fourth-order valence-corrected chi connectivity index (χ4v) is 0. The van der Waals surface area contributed by atoms with E-state index in [1.807, 2.05) is 4.97 Å². The lowest BCUT2D eigenvalue weighted by atomic mass is 12.8. The third-order valence-electron chi connectivity index (χ3n) is 0.0471. The van der Waals surface area contributed by atoms with Gasteiger partial charge in [0.2, 0.25) is 10.2 Å². The van der Waals surface area contributed by atoms with Crippen molar-refractivity contribution >= 4 is 0 Å². The molecule has 0 bridgehead atoms. The van der Waals surface area contributed by atoms with Crippen LogP contribution in [0.5, 0.6) is 0 Å². The number of hydrogen-bond donors (Lipinski definition) is 1. The molecular weight excluding hydrogens is 58.0 g/mol. The SMILES string of the molecule is NN=[N+]=O. The number of nitrogens with zero attached hydrogens (tertiary/aromatic N) is 2. The molecule has 0 fully saturated rings. The maximum atomic E-state index is 8.63. The summed E-state index contributed by atoms with van der Waals surface area (Å²) in [6.45, 7) is 0. The molecule has 0 aromatic rings. The van der Waals surface area contributed by atoms with E-state index in [0.717, 1.165) is 0 Å². The van der Waals surface area contributed by atoms with E-state index in [-0.39, 0.29) is 0 Å². The second kappa shape index (κ2) is 2.11. The van der Waals surface area contributed by atoms with Crippen LogP contribution in [0.25, 0.3) is 0 Å². The van der Waals surface area contributed by atoms with E-state index in [2.05, 4.69) is 11.1 Å². The Kier molecular flexibility index (Phi) is 1.64. The standard InChI is InChI=1S/HN3O/c1-2-3-4/h1H/p+1. The first-order valence-corrected chi connectivity index (χ1v) is 0.641. The highest BCUT2D eigenvalue weighted by molar-refractivity contribution is 3.84. The van der Waals surface area contributed by atoms with E-state index in [1.54, 1.807) is 0 Å². The van der Waals surface area contributed by atoms with Gasteiger partial charge in [-0.25, -0.2) is 0 Å². The lowest BCUT2D eigenvalue weighted by Crippen LogP contribution is -1.73. The summed E-state index contributed by atoms with van der Waals surface area (Å²) < 4.78 is 0. The Labute approximate surface area is 22.3 Å². The minimum absolute atomic E-state index is 1.89. The van der Waals surface area contributed by atoms with Gasteiger partial charge in [0, 0.05) is 0 Å². The third-order valence-corrected chi connectivity index (χ3v) is 0.0471. The van der Waals surface area contributed by atoms with E-state index in [4.69, 9.17) is 4.91 Å². The van der Waals surface area contributed by atoms with E-state index < -0.39 is 0 Å². The smallest absolute Gasteiger partial charge is 0.178 e. The van der Waals surface area contributed by atoms with Crippen molar-refractivity contribution in [1.82, 2.24) is 4.97 Å². The van der Waals surface area contributed by atoms with Crippen LogP contribution in [-0.2, 0) is 0 Å². The molecule has 0 rings (SSSR count).